The summed E-state index contributed by atoms with van der Waals surface area (Å²) in [6.45, 7) is 6.54. The summed E-state index contributed by atoms with van der Waals surface area (Å²) in [5, 5.41) is 2.97. The zero-order valence-electron chi connectivity index (χ0n) is 46.8. The van der Waals surface area contributed by atoms with E-state index in [0.717, 1.165) is 96.3 Å². The Balaban J connectivity index is 5.50. The molecule has 0 aromatic rings. The molecule has 0 aliphatic carbocycles. The quantitative estimate of drug-likeness (QED) is 0.0212. The number of rotatable bonds is 50. The Morgan fingerprint density at radius 3 is 1.36 bits per heavy atom. The highest BCUT2D eigenvalue weighted by Gasteiger charge is 2.27. The van der Waals surface area contributed by atoms with Gasteiger partial charge in [-0.25, -0.2) is 0 Å². The molecule has 0 aliphatic rings. The first kappa shape index (κ1) is 68.7. The van der Waals surface area contributed by atoms with E-state index < -0.39 is 26.6 Å². The van der Waals surface area contributed by atoms with Crippen molar-refractivity contribution in [2.24, 2.45) is 0 Å². The molecule has 0 aromatic carbocycles. The Morgan fingerprint density at radius 2 is 0.903 bits per heavy atom. The summed E-state index contributed by atoms with van der Waals surface area (Å²) in [6.07, 6.45) is 69.3. The summed E-state index contributed by atoms with van der Waals surface area (Å²) in [6, 6.07) is -0.938. The molecular formula is C62H107N2O7P. The van der Waals surface area contributed by atoms with Gasteiger partial charge in [-0.1, -0.05) is 220 Å². The Hall–Kier alpha value is -3.33. The number of phosphoric ester groups is 1. The number of nitrogens with zero attached hydrogens (tertiary/aromatic N) is 1. The molecule has 0 spiro atoms. The molecule has 0 fully saturated rings. The van der Waals surface area contributed by atoms with Gasteiger partial charge in [0, 0.05) is 12.8 Å². The predicted molar refractivity (Wildman–Crippen MR) is 307 cm³/mol. The van der Waals surface area contributed by atoms with Crippen LogP contribution in [0.15, 0.2) is 109 Å². The van der Waals surface area contributed by atoms with Crippen molar-refractivity contribution in [1.82, 2.24) is 5.32 Å². The zero-order valence-corrected chi connectivity index (χ0v) is 47.7. The number of hydrogen-bond acceptors (Lipinski definition) is 7. The smallest absolute Gasteiger partial charge is 0.306 e. The Labute approximate surface area is 442 Å². The number of amides is 1. The van der Waals surface area contributed by atoms with Crippen molar-refractivity contribution >= 4 is 19.7 Å². The summed E-state index contributed by atoms with van der Waals surface area (Å²) in [5.74, 6) is -0.656. The van der Waals surface area contributed by atoms with E-state index in [-0.39, 0.29) is 31.3 Å². The van der Waals surface area contributed by atoms with E-state index in [2.05, 4.69) is 111 Å². The van der Waals surface area contributed by atoms with E-state index in [1.165, 1.54) is 77.0 Å². The minimum Gasteiger partial charge on any atom is -0.756 e. The molecule has 10 heteroatoms. The number of carbonyl (C=O) groups is 2. The average Bonchev–Trinajstić information content (AvgIpc) is 3.34. The maximum atomic E-state index is 13.5. The van der Waals surface area contributed by atoms with Gasteiger partial charge in [0.25, 0.3) is 7.82 Å². The molecule has 0 saturated heterocycles. The summed E-state index contributed by atoms with van der Waals surface area (Å²) < 4.78 is 30.2. The molecule has 1 amide bonds. The SMILES string of the molecule is CC/C=C\C/C=C\C/C=C\C/C=C\C/C=C\C/C=C\CCC(=O)NC(COP(=O)([O-])OCC[N+](C)(C)C)C(/C=C\CCCCCCCCCCCCC)OC(=O)CCCCCCCCC/C=C/C/C=C/CC. The Bertz CT molecular complexity index is 1600. The van der Waals surface area contributed by atoms with Crippen LogP contribution in [0.5, 0.6) is 0 Å². The van der Waals surface area contributed by atoms with Crippen LogP contribution in [0.3, 0.4) is 0 Å². The summed E-state index contributed by atoms with van der Waals surface area (Å²) in [5.41, 5.74) is 0. The lowest BCUT2D eigenvalue weighted by Crippen LogP contribution is -2.47. The lowest BCUT2D eigenvalue weighted by molar-refractivity contribution is -0.870. The lowest BCUT2D eigenvalue weighted by atomic mass is 10.0. The number of likely N-dealkylation sites (N-methyl/N-ethyl adjacent to an activating group) is 1. The van der Waals surface area contributed by atoms with Gasteiger partial charge >= 0.3 is 5.97 Å². The minimum atomic E-state index is -4.72. The fourth-order valence-electron chi connectivity index (χ4n) is 7.58. The topological polar surface area (TPSA) is 114 Å². The third kappa shape index (κ3) is 51.6. The summed E-state index contributed by atoms with van der Waals surface area (Å²) in [7, 11) is 1.12. The molecule has 72 heavy (non-hydrogen) atoms. The number of ether oxygens (including phenoxy) is 1. The van der Waals surface area contributed by atoms with Crippen LogP contribution in [0.1, 0.15) is 220 Å². The van der Waals surface area contributed by atoms with Gasteiger partial charge in [0.15, 0.2) is 0 Å². The van der Waals surface area contributed by atoms with Crippen LogP contribution in [-0.2, 0) is 27.9 Å². The van der Waals surface area contributed by atoms with Crippen molar-refractivity contribution < 1.29 is 37.3 Å². The van der Waals surface area contributed by atoms with E-state index in [0.29, 0.717) is 23.9 Å². The van der Waals surface area contributed by atoms with Crippen molar-refractivity contribution in [1.29, 1.82) is 0 Å². The second kappa shape index (κ2) is 51.2. The summed E-state index contributed by atoms with van der Waals surface area (Å²) >= 11 is 0. The van der Waals surface area contributed by atoms with Gasteiger partial charge in [-0.3, -0.25) is 14.2 Å². The maximum Gasteiger partial charge on any atom is 0.306 e. The van der Waals surface area contributed by atoms with Gasteiger partial charge in [0.2, 0.25) is 5.91 Å². The zero-order chi connectivity index (χ0) is 52.9. The number of nitrogens with one attached hydrogen (secondary N) is 1. The highest BCUT2D eigenvalue weighted by molar-refractivity contribution is 7.45. The fraction of sp³-hybridized carbons (Fsp3) is 0.677. The van der Waals surface area contributed by atoms with Crippen molar-refractivity contribution in [3.63, 3.8) is 0 Å². The largest absolute Gasteiger partial charge is 0.756 e. The maximum absolute atomic E-state index is 13.5. The number of unbranched alkanes of at least 4 members (excludes halogenated alkanes) is 18. The summed E-state index contributed by atoms with van der Waals surface area (Å²) in [4.78, 5) is 39.8. The van der Waals surface area contributed by atoms with Crippen LogP contribution in [-0.4, -0.2) is 69.4 Å². The Kier molecular flexibility index (Phi) is 48.8. The van der Waals surface area contributed by atoms with Gasteiger partial charge in [0.1, 0.15) is 19.3 Å². The second-order valence-corrected chi connectivity index (χ2v) is 21.4. The molecule has 0 rings (SSSR count). The Morgan fingerprint density at radius 1 is 0.500 bits per heavy atom. The van der Waals surface area contributed by atoms with Crippen molar-refractivity contribution in [3.8, 4) is 0 Å². The van der Waals surface area contributed by atoms with Crippen LogP contribution < -0.4 is 10.2 Å². The van der Waals surface area contributed by atoms with E-state index >= 15 is 0 Å². The van der Waals surface area contributed by atoms with Gasteiger partial charge in [-0.15, -0.1) is 0 Å². The van der Waals surface area contributed by atoms with E-state index in [1.807, 2.05) is 39.4 Å². The lowest BCUT2D eigenvalue weighted by Gasteiger charge is -2.30. The number of esters is 1. The predicted octanol–water partition coefficient (Wildman–Crippen LogP) is 16.7. The van der Waals surface area contributed by atoms with E-state index in [9.17, 15) is 19.0 Å². The molecule has 0 radical (unpaired) electrons. The van der Waals surface area contributed by atoms with Gasteiger partial charge in [-0.2, -0.15) is 0 Å². The third-order valence-electron chi connectivity index (χ3n) is 12.0. The normalized spacial score (nSPS) is 14.6. The number of hydrogen-bond donors (Lipinski definition) is 1. The van der Waals surface area contributed by atoms with Gasteiger partial charge in [0.05, 0.1) is 33.8 Å². The molecule has 0 aliphatic heterocycles. The monoisotopic (exact) mass is 1020 g/mol. The van der Waals surface area contributed by atoms with Crippen molar-refractivity contribution in [2.75, 3.05) is 40.9 Å². The molecule has 9 nitrogen and oxygen atoms in total. The first-order valence-electron chi connectivity index (χ1n) is 28.7. The number of allylic oxidation sites excluding steroid dienone is 17. The van der Waals surface area contributed by atoms with Crippen molar-refractivity contribution in [2.45, 2.75) is 232 Å². The third-order valence-corrected chi connectivity index (χ3v) is 12.9. The molecule has 0 aromatic heterocycles. The highest BCUT2D eigenvalue weighted by Crippen LogP contribution is 2.38. The van der Waals surface area contributed by atoms with Crippen LogP contribution in [0.25, 0.3) is 0 Å². The van der Waals surface area contributed by atoms with E-state index in [4.69, 9.17) is 13.8 Å². The van der Waals surface area contributed by atoms with Crippen LogP contribution >= 0.6 is 7.82 Å². The number of quaternary nitrogens is 1. The average molecular weight is 1020 g/mol. The second-order valence-electron chi connectivity index (χ2n) is 20.0. The number of carbonyl (C=O) groups excluding carboxylic acids is 2. The molecular weight excluding hydrogens is 916 g/mol. The van der Waals surface area contributed by atoms with Crippen LogP contribution in [0.2, 0.25) is 0 Å². The standard InChI is InChI=1S/C62H107N2O7P/c1-7-10-13-16-19-22-25-28-30-31-32-33-34-36-39-42-45-48-51-54-61(65)63-59(58-70-72(67,68)69-57-56-64(4,5)6)60(53-50-47-44-41-38-35-27-24-21-18-15-12-9-3)71-62(66)55-52-49-46-43-40-37-29-26-23-20-17-14-11-8-2/h10-11,13-14,19-20,22-23,28,30,32-33,36,39,45,48,50,53,59-60H,7-9,12,15-18,21,24-27,29,31,34-35,37-38,40-44,46-47,49,51-52,54-58H2,1-6H3,(H-,63,65,67,68)/b13-10-,14-11+,22-19-,23-20+,30-28-,33-32-,39-36-,48-45-,53-50-. The minimum absolute atomic E-state index is 0.0426. The first-order chi connectivity index (χ1) is 34.9. The molecule has 0 bridgehead atoms. The highest BCUT2D eigenvalue weighted by atomic mass is 31.2. The molecule has 0 saturated carbocycles. The van der Waals surface area contributed by atoms with Crippen LogP contribution in [0, 0.1) is 0 Å². The molecule has 3 unspecified atom stereocenters. The first-order valence-corrected chi connectivity index (χ1v) is 30.2. The molecule has 412 valence electrons. The van der Waals surface area contributed by atoms with Gasteiger partial charge < -0.3 is 28.5 Å². The van der Waals surface area contributed by atoms with Gasteiger partial charge in [-0.05, 0) is 96.0 Å². The molecule has 1 N–H and O–H groups in total. The van der Waals surface area contributed by atoms with Crippen LogP contribution in [0.4, 0.5) is 0 Å². The molecule has 3 atom stereocenters. The fourth-order valence-corrected chi connectivity index (χ4v) is 8.30. The molecule has 0 heterocycles. The van der Waals surface area contributed by atoms with E-state index in [1.54, 1.807) is 6.08 Å². The van der Waals surface area contributed by atoms with Crippen molar-refractivity contribution in [3.05, 3.63) is 109 Å². The number of phosphoric acid groups is 1.